The Bertz CT molecular complexity index is 1070. The van der Waals surface area contributed by atoms with E-state index in [9.17, 15) is 37.8 Å². The SMILES string of the molecule is CCC(CC)C(CC)(CC)P(=O)([O-])CC.CCC(CC)C(CC)(CC)P(=O)([O-])CC.CCC(CC)C(CC)(CC)P(=O)([O-])CC.CCC(CC)C(CC)(CC)P(=O)([O-])CC.[Ti+4]. The molecule has 0 rings (SSSR count). The first-order valence-corrected chi connectivity index (χ1v) is 32.3. The van der Waals surface area contributed by atoms with E-state index < -0.39 is 50.1 Å². The summed E-state index contributed by atoms with van der Waals surface area (Å²) >= 11 is 0. The molecule has 8 nitrogen and oxygen atoms in total. The Kier molecular flexibility index (Phi) is 39.7. The fourth-order valence-corrected chi connectivity index (χ4v) is 21.9. The first kappa shape index (κ1) is 71.5. The Balaban J connectivity index is -0.000000227. The third-order valence-corrected chi connectivity index (χ3v) is 29.0. The number of rotatable bonds is 28. The van der Waals surface area contributed by atoms with Gasteiger partial charge in [-0.2, -0.15) is 0 Å². The van der Waals surface area contributed by atoms with Crippen LogP contribution in [0.2, 0.25) is 0 Å². The molecule has 4 atom stereocenters. The van der Waals surface area contributed by atoms with Crippen molar-refractivity contribution in [3.05, 3.63) is 0 Å². The second-order valence-corrected chi connectivity index (χ2v) is 28.7. The zero-order valence-corrected chi connectivity index (χ0v) is 49.1. The average Bonchev–Trinajstić information content (AvgIpc) is 3.25. The normalized spacial score (nSPS) is 16.5. The fraction of sp³-hybridized carbons (Fsp3) is 1.00. The van der Waals surface area contributed by atoms with E-state index in [0.29, 0.717) is 48.3 Å². The standard InChI is InChI=1S/4C12H27O2P.Ti/c4*1-6-11(7-2)12(8-3,9-4)15(13,14)10-5;/h4*11H,6-10H2,1-5H3,(H,13,14);/q;;;;+4/p-4. The van der Waals surface area contributed by atoms with Gasteiger partial charge in [-0.25, -0.2) is 0 Å². The van der Waals surface area contributed by atoms with Crippen molar-refractivity contribution in [2.45, 2.75) is 262 Å². The first-order valence-electron chi connectivity index (χ1n) is 25.0. The maximum Gasteiger partial charge on any atom is 4.00 e. The molecule has 13 heteroatoms. The van der Waals surface area contributed by atoms with Gasteiger partial charge >= 0.3 is 21.7 Å². The molecule has 0 spiro atoms. The molecule has 0 heterocycles. The van der Waals surface area contributed by atoms with Gasteiger partial charge < -0.3 is 37.8 Å². The molecular weight excluding hydrogens is 876 g/mol. The largest absolute Gasteiger partial charge is 4.00 e. The van der Waals surface area contributed by atoms with Crippen molar-refractivity contribution in [1.29, 1.82) is 0 Å². The van der Waals surface area contributed by atoms with E-state index in [-0.39, 0.29) is 21.7 Å². The van der Waals surface area contributed by atoms with Crippen molar-refractivity contribution < 1.29 is 59.6 Å². The molecule has 0 aromatic rings. The van der Waals surface area contributed by atoms with Crippen LogP contribution in [0, 0.1) is 23.7 Å². The van der Waals surface area contributed by atoms with Crippen LogP contribution < -0.4 is 19.6 Å². The minimum atomic E-state index is -3.25. The van der Waals surface area contributed by atoms with E-state index in [1.165, 1.54) is 0 Å². The van der Waals surface area contributed by atoms with Gasteiger partial charge in [-0.3, -0.25) is 0 Å². The molecule has 0 saturated carbocycles. The Hall–Kier alpha value is 1.47. The van der Waals surface area contributed by atoms with E-state index in [0.717, 1.165) is 103 Å². The van der Waals surface area contributed by atoms with Gasteiger partial charge in [-0.1, -0.05) is 190 Å². The third-order valence-electron chi connectivity index (χ3n) is 16.3. The van der Waals surface area contributed by atoms with Crippen molar-refractivity contribution in [3.8, 4) is 0 Å². The number of hydrogen-bond acceptors (Lipinski definition) is 8. The monoisotopic (exact) mass is 981 g/mol. The average molecular weight is 981 g/mol. The summed E-state index contributed by atoms with van der Waals surface area (Å²) in [6, 6.07) is 0. The van der Waals surface area contributed by atoms with Gasteiger partial charge in [0.2, 0.25) is 0 Å². The molecule has 61 heavy (non-hydrogen) atoms. The van der Waals surface area contributed by atoms with Gasteiger partial charge in [0.05, 0.1) is 0 Å². The van der Waals surface area contributed by atoms with Crippen LogP contribution in [0.5, 0.6) is 0 Å². The first-order chi connectivity index (χ1) is 27.8. The molecule has 368 valence electrons. The van der Waals surface area contributed by atoms with Crippen LogP contribution in [0.3, 0.4) is 0 Å². The molecule has 0 bridgehead atoms. The van der Waals surface area contributed by atoms with Crippen molar-refractivity contribution in [3.63, 3.8) is 0 Å². The molecule has 0 aliphatic rings. The van der Waals surface area contributed by atoms with Crippen molar-refractivity contribution in [2.24, 2.45) is 23.7 Å². The molecular formula is C48H104O8P4Ti. The van der Waals surface area contributed by atoms with Crippen LogP contribution in [-0.2, 0) is 40.0 Å². The van der Waals surface area contributed by atoms with Crippen LogP contribution in [0.15, 0.2) is 0 Å². The Morgan fingerprint density at radius 2 is 0.377 bits per heavy atom. The molecule has 0 N–H and O–H groups in total. The van der Waals surface area contributed by atoms with Gasteiger partial charge in [0.1, 0.15) is 0 Å². The Labute approximate surface area is 397 Å². The molecule has 0 aromatic carbocycles. The topological polar surface area (TPSA) is 161 Å². The zero-order valence-electron chi connectivity index (χ0n) is 44.0. The summed E-state index contributed by atoms with van der Waals surface area (Å²) in [4.78, 5) is 49.1. The summed E-state index contributed by atoms with van der Waals surface area (Å²) in [5.74, 6) is 1.26. The summed E-state index contributed by atoms with van der Waals surface area (Å²) in [6.45, 7) is 40.0. The smallest absolute Gasteiger partial charge is 0.799 e. The summed E-state index contributed by atoms with van der Waals surface area (Å²) < 4.78 is 49.1. The Morgan fingerprint density at radius 1 is 0.279 bits per heavy atom. The van der Waals surface area contributed by atoms with Crippen molar-refractivity contribution in [2.75, 3.05) is 24.6 Å². The van der Waals surface area contributed by atoms with Crippen LogP contribution in [0.25, 0.3) is 0 Å². The molecule has 4 unspecified atom stereocenters. The maximum absolute atomic E-state index is 12.3. The minimum absolute atomic E-state index is 0. The Morgan fingerprint density at radius 3 is 0.426 bits per heavy atom. The van der Waals surface area contributed by atoms with Gasteiger partial charge in [0, 0.05) is 50.1 Å². The second-order valence-electron chi connectivity index (χ2n) is 17.3. The van der Waals surface area contributed by atoms with Gasteiger partial charge in [0.15, 0.2) is 0 Å². The molecule has 0 aliphatic carbocycles. The summed E-state index contributed by atoms with van der Waals surface area (Å²) in [5, 5.41) is -1.81. The minimum Gasteiger partial charge on any atom is -0.799 e. The third kappa shape index (κ3) is 16.9. The van der Waals surface area contributed by atoms with E-state index in [4.69, 9.17) is 0 Å². The van der Waals surface area contributed by atoms with Crippen LogP contribution in [0.1, 0.15) is 241 Å². The fourth-order valence-electron chi connectivity index (χ4n) is 11.8. The van der Waals surface area contributed by atoms with Gasteiger partial charge in [-0.15, -0.1) is 0 Å². The summed E-state index contributed by atoms with van der Waals surface area (Å²) in [6.07, 6.45) is 14.9. The van der Waals surface area contributed by atoms with Gasteiger partial charge in [-0.05, 0) is 99.7 Å². The predicted octanol–water partition coefficient (Wildman–Crippen LogP) is 14.6. The molecule has 0 aromatic heterocycles. The maximum atomic E-state index is 12.3. The molecule has 0 amide bonds. The second kappa shape index (κ2) is 33.9. The van der Waals surface area contributed by atoms with Crippen molar-refractivity contribution in [1.82, 2.24) is 0 Å². The van der Waals surface area contributed by atoms with Crippen molar-refractivity contribution >= 4 is 29.5 Å². The zero-order chi connectivity index (χ0) is 48.5. The van der Waals surface area contributed by atoms with E-state index in [1.807, 2.05) is 55.4 Å². The van der Waals surface area contributed by atoms with E-state index >= 15 is 0 Å². The predicted molar refractivity (Wildman–Crippen MR) is 262 cm³/mol. The van der Waals surface area contributed by atoms with E-state index in [2.05, 4.69) is 55.4 Å². The molecule has 0 saturated heterocycles. The molecule has 0 radical (unpaired) electrons. The van der Waals surface area contributed by atoms with E-state index in [1.54, 1.807) is 27.7 Å². The summed E-state index contributed by atoms with van der Waals surface area (Å²) in [5.41, 5.74) is 0. The molecule has 0 aliphatic heterocycles. The van der Waals surface area contributed by atoms with Crippen LogP contribution in [0.4, 0.5) is 0 Å². The molecule has 0 fully saturated rings. The van der Waals surface area contributed by atoms with Crippen LogP contribution >= 0.6 is 29.5 Å². The van der Waals surface area contributed by atoms with Crippen LogP contribution in [-0.4, -0.2) is 45.3 Å². The van der Waals surface area contributed by atoms with Gasteiger partial charge in [0.25, 0.3) is 0 Å². The summed E-state index contributed by atoms with van der Waals surface area (Å²) in [7, 11) is -13.0. The number of hydrogen-bond donors (Lipinski definition) is 0. The quantitative estimate of drug-likeness (QED) is 0.0553.